The predicted octanol–water partition coefficient (Wildman–Crippen LogP) is 2.95. The van der Waals surface area contributed by atoms with Gasteiger partial charge in [-0.2, -0.15) is 0 Å². The van der Waals surface area contributed by atoms with Crippen LogP contribution in [0.5, 0.6) is 11.5 Å². The SMILES string of the molecule is COC1(C#Cc2cc(-c3ccccc3O)nnc2N)CCC(N2CC3(CCc4cc5c(cc4O3)CN(C3CCC(=O)NC3=O)C5=O)C2)CC1. The van der Waals surface area contributed by atoms with Crippen molar-refractivity contribution in [2.75, 3.05) is 25.9 Å². The van der Waals surface area contributed by atoms with E-state index in [9.17, 15) is 19.5 Å². The van der Waals surface area contributed by atoms with Crippen LogP contribution in [0, 0.1) is 11.8 Å². The van der Waals surface area contributed by atoms with Crippen LogP contribution in [0.25, 0.3) is 11.3 Å². The molecule has 3 fully saturated rings. The predicted molar refractivity (Wildman–Crippen MR) is 178 cm³/mol. The van der Waals surface area contributed by atoms with Crippen LogP contribution in [0.4, 0.5) is 5.82 Å². The van der Waals surface area contributed by atoms with Crippen molar-refractivity contribution < 1.29 is 29.0 Å². The molecule has 1 saturated carbocycles. The fourth-order valence-corrected chi connectivity index (χ4v) is 8.07. The van der Waals surface area contributed by atoms with Crippen molar-refractivity contribution in [1.82, 2.24) is 25.3 Å². The average molecular weight is 663 g/mol. The molecule has 12 nitrogen and oxygen atoms in total. The third-order valence-electron chi connectivity index (χ3n) is 11.0. The Morgan fingerprint density at radius 1 is 1.00 bits per heavy atom. The Kier molecular flexibility index (Phi) is 7.57. The Labute approximate surface area is 284 Å². The summed E-state index contributed by atoms with van der Waals surface area (Å²) in [7, 11) is 1.71. The van der Waals surface area contributed by atoms with E-state index in [-0.39, 0.29) is 35.4 Å². The number of aryl methyl sites for hydroxylation is 1. The van der Waals surface area contributed by atoms with E-state index in [1.807, 2.05) is 18.2 Å². The molecule has 0 radical (unpaired) electrons. The van der Waals surface area contributed by atoms with Gasteiger partial charge in [0.2, 0.25) is 11.8 Å². The van der Waals surface area contributed by atoms with Crippen molar-refractivity contribution in [3.8, 4) is 34.6 Å². The Balaban J connectivity index is 0.898. The number of hydrogen-bond donors (Lipinski definition) is 3. The number of carbonyl (C=O) groups excluding carboxylic acids is 3. The van der Waals surface area contributed by atoms with Crippen molar-refractivity contribution in [2.45, 2.75) is 81.2 Å². The first-order valence-electron chi connectivity index (χ1n) is 16.9. The molecule has 1 spiro atoms. The standard InChI is InChI=1S/C37H38N6O6/c1-48-36(12-9-23-17-28(40-41-33(23)38)26-4-2-3-5-30(26)44)14-10-25(11-15-36)42-20-37(21-42)13-8-22-16-27-24(18-31(22)49-37)19-43(35(27)47)29-6-7-32(45)39-34(29)46/h2-5,16-18,25,29,44H,6-8,10-11,13-15,19-21H2,1H3,(H2,38,41)(H,39,45,46). The molecule has 5 heterocycles. The van der Waals surface area contributed by atoms with Crippen molar-refractivity contribution in [1.29, 1.82) is 0 Å². The maximum Gasteiger partial charge on any atom is 0.255 e. The number of likely N-dealkylation sites (tertiary alicyclic amines) is 1. The van der Waals surface area contributed by atoms with Crippen LogP contribution < -0.4 is 15.8 Å². The quantitative estimate of drug-likeness (QED) is 0.280. The minimum atomic E-state index is -0.630. The van der Waals surface area contributed by atoms with Crippen molar-refractivity contribution in [2.24, 2.45) is 0 Å². The molecule has 1 atom stereocenters. The third kappa shape index (κ3) is 5.56. The number of amides is 3. The van der Waals surface area contributed by atoms with Crippen LogP contribution in [0.15, 0.2) is 42.5 Å². The van der Waals surface area contributed by atoms with Crippen LogP contribution in [0.1, 0.15) is 72.0 Å². The Hall–Kier alpha value is -4.99. The molecule has 1 aromatic heterocycles. The average Bonchev–Trinajstić information content (AvgIpc) is 3.40. The zero-order valence-corrected chi connectivity index (χ0v) is 27.3. The molecule has 4 N–H and O–H groups in total. The molecule has 1 unspecified atom stereocenters. The van der Waals surface area contributed by atoms with Gasteiger partial charge in [-0.05, 0) is 86.4 Å². The molecule has 252 valence electrons. The van der Waals surface area contributed by atoms with Gasteiger partial charge in [-0.1, -0.05) is 24.0 Å². The summed E-state index contributed by atoms with van der Waals surface area (Å²) >= 11 is 0. The number of phenolic OH excluding ortho intramolecular Hbond substituents is 1. The zero-order valence-electron chi connectivity index (χ0n) is 27.3. The number of aromatic hydroxyl groups is 1. The second-order valence-corrected chi connectivity index (χ2v) is 13.9. The Morgan fingerprint density at radius 2 is 1.80 bits per heavy atom. The van der Waals surface area contributed by atoms with Crippen molar-refractivity contribution in [3.63, 3.8) is 0 Å². The molecule has 2 aromatic carbocycles. The van der Waals surface area contributed by atoms with Gasteiger partial charge >= 0.3 is 0 Å². The van der Waals surface area contributed by atoms with E-state index in [0.29, 0.717) is 41.4 Å². The molecule has 12 heteroatoms. The van der Waals surface area contributed by atoms with E-state index < -0.39 is 17.6 Å². The number of rotatable bonds is 4. The van der Waals surface area contributed by atoms with E-state index in [0.717, 1.165) is 68.5 Å². The minimum Gasteiger partial charge on any atom is -0.507 e. The van der Waals surface area contributed by atoms with Crippen LogP contribution in [0.2, 0.25) is 0 Å². The molecular formula is C37H38N6O6. The maximum atomic E-state index is 13.3. The monoisotopic (exact) mass is 662 g/mol. The lowest BCUT2D eigenvalue weighted by Crippen LogP contribution is -2.68. The molecule has 2 saturated heterocycles. The molecular weight excluding hydrogens is 624 g/mol. The first-order chi connectivity index (χ1) is 23.6. The highest BCUT2D eigenvalue weighted by atomic mass is 16.5. The maximum absolute atomic E-state index is 13.3. The summed E-state index contributed by atoms with van der Waals surface area (Å²) in [6.07, 6.45) is 5.72. The number of anilines is 1. The number of nitrogens with two attached hydrogens (primary N) is 1. The second-order valence-electron chi connectivity index (χ2n) is 13.9. The fourth-order valence-electron chi connectivity index (χ4n) is 8.07. The van der Waals surface area contributed by atoms with E-state index >= 15 is 0 Å². The lowest BCUT2D eigenvalue weighted by molar-refractivity contribution is -0.136. The van der Waals surface area contributed by atoms with Gasteiger partial charge in [-0.25, -0.2) is 0 Å². The Bertz CT molecular complexity index is 1940. The Morgan fingerprint density at radius 3 is 2.55 bits per heavy atom. The van der Waals surface area contributed by atoms with E-state index in [4.69, 9.17) is 15.2 Å². The van der Waals surface area contributed by atoms with Gasteiger partial charge in [-0.15, -0.1) is 10.2 Å². The number of piperidine rings is 1. The topological polar surface area (TPSA) is 160 Å². The van der Waals surface area contributed by atoms with Gasteiger partial charge in [0.1, 0.15) is 28.7 Å². The number of benzene rings is 2. The molecule has 8 rings (SSSR count). The summed E-state index contributed by atoms with van der Waals surface area (Å²) < 4.78 is 12.7. The summed E-state index contributed by atoms with van der Waals surface area (Å²) in [6, 6.07) is 12.4. The first-order valence-corrected chi connectivity index (χ1v) is 16.9. The second kappa shape index (κ2) is 11.9. The number of aromatic nitrogens is 2. The van der Waals surface area contributed by atoms with Gasteiger partial charge in [0.15, 0.2) is 5.82 Å². The molecule has 49 heavy (non-hydrogen) atoms. The normalized spacial score (nSPS) is 25.8. The van der Waals surface area contributed by atoms with Gasteiger partial charge in [0.25, 0.3) is 5.91 Å². The van der Waals surface area contributed by atoms with Crippen LogP contribution in [-0.2, 0) is 27.3 Å². The summed E-state index contributed by atoms with van der Waals surface area (Å²) in [5.41, 5.74) is 9.42. The van der Waals surface area contributed by atoms with Crippen LogP contribution in [-0.4, -0.2) is 86.3 Å². The van der Waals surface area contributed by atoms with E-state index in [1.54, 1.807) is 36.3 Å². The number of nitrogen functional groups attached to an aromatic ring is 1. The van der Waals surface area contributed by atoms with Gasteiger partial charge in [0, 0.05) is 50.3 Å². The number of para-hydroxylation sites is 1. The number of hydrogen-bond acceptors (Lipinski definition) is 10. The van der Waals surface area contributed by atoms with E-state index in [1.165, 1.54) is 0 Å². The summed E-state index contributed by atoms with van der Waals surface area (Å²) in [6.45, 7) is 2.02. The fraction of sp³-hybridized carbons (Fsp3) is 0.432. The summed E-state index contributed by atoms with van der Waals surface area (Å²) in [4.78, 5) is 41.5. The molecule has 3 aromatic rings. The smallest absolute Gasteiger partial charge is 0.255 e. The van der Waals surface area contributed by atoms with E-state index in [2.05, 4.69) is 32.3 Å². The number of nitrogens with zero attached hydrogens (tertiary/aromatic N) is 4. The van der Waals surface area contributed by atoms with Crippen molar-refractivity contribution in [3.05, 3.63) is 64.7 Å². The summed E-state index contributed by atoms with van der Waals surface area (Å²) in [5, 5.41) is 20.9. The first kappa shape index (κ1) is 31.3. The molecule has 3 amide bonds. The van der Waals surface area contributed by atoms with Gasteiger partial charge in [-0.3, -0.25) is 24.6 Å². The third-order valence-corrected chi connectivity index (χ3v) is 11.0. The highest BCUT2D eigenvalue weighted by molar-refractivity contribution is 6.05. The number of fused-ring (bicyclic) bond motifs is 2. The largest absolute Gasteiger partial charge is 0.507 e. The van der Waals surface area contributed by atoms with Gasteiger partial charge in [0.05, 0.1) is 11.3 Å². The molecule has 0 bridgehead atoms. The lowest BCUT2D eigenvalue weighted by Gasteiger charge is -2.55. The number of phenols is 1. The van der Waals surface area contributed by atoms with Crippen LogP contribution in [0.3, 0.4) is 0 Å². The molecule has 5 aliphatic rings. The number of nitrogens with one attached hydrogen (secondary N) is 1. The van der Waals surface area contributed by atoms with Gasteiger partial charge < -0.3 is 25.2 Å². The number of imide groups is 1. The highest BCUT2D eigenvalue weighted by Crippen LogP contribution is 2.44. The minimum absolute atomic E-state index is 0.112. The van der Waals surface area contributed by atoms with Crippen molar-refractivity contribution >= 4 is 23.5 Å². The molecule has 1 aliphatic carbocycles. The van der Waals surface area contributed by atoms with Crippen LogP contribution >= 0.6 is 0 Å². The highest BCUT2D eigenvalue weighted by Gasteiger charge is 2.51. The number of methoxy groups -OCH3 is 1. The number of ether oxygens (including phenoxy) is 2. The molecule has 4 aliphatic heterocycles. The number of carbonyl (C=O) groups is 3. The lowest BCUT2D eigenvalue weighted by atomic mass is 9.77. The zero-order chi connectivity index (χ0) is 33.9. The summed E-state index contributed by atoms with van der Waals surface area (Å²) in [5.74, 6) is 6.88.